The van der Waals surface area contributed by atoms with Crippen LogP contribution in [0.15, 0.2) is 84.9 Å². The number of benzene rings is 4. The van der Waals surface area contributed by atoms with Gasteiger partial charge in [-0.05, 0) is 46.2 Å². The molecule has 108 valence electrons. The zero-order valence-corrected chi connectivity index (χ0v) is 12.6. The van der Waals surface area contributed by atoms with E-state index in [1.165, 1.54) is 43.7 Å². The van der Waals surface area contributed by atoms with Crippen molar-refractivity contribution in [3.63, 3.8) is 0 Å². The first-order valence-corrected chi connectivity index (χ1v) is 7.88. The highest BCUT2D eigenvalue weighted by atomic mass is 14.7. The van der Waals surface area contributed by atoms with Gasteiger partial charge in [0.05, 0.1) is 0 Å². The number of nitrogens with one attached hydrogen (secondary N) is 1. The summed E-state index contributed by atoms with van der Waals surface area (Å²) >= 11 is 0. The van der Waals surface area contributed by atoms with Gasteiger partial charge in [-0.15, -0.1) is 0 Å². The fourth-order valence-electron chi connectivity index (χ4n) is 3.40. The minimum atomic E-state index is 1.19. The topological polar surface area (TPSA) is 15.8 Å². The van der Waals surface area contributed by atoms with Gasteiger partial charge >= 0.3 is 0 Å². The third kappa shape index (κ3) is 1.94. The molecule has 0 fully saturated rings. The molecule has 0 spiro atoms. The second-order valence-corrected chi connectivity index (χ2v) is 5.99. The molecule has 0 radical (unpaired) electrons. The Balaban J connectivity index is 1.76. The van der Waals surface area contributed by atoms with E-state index in [4.69, 9.17) is 0 Å². The lowest BCUT2D eigenvalue weighted by Gasteiger charge is -2.05. The van der Waals surface area contributed by atoms with Gasteiger partial charge in [-0.3, -0.25) is 0 Å². The van der Waals surface area contributed by atoms with Crippen LogP contribution in [0.3, 0.4) is 0 Å². The Morgan fingerprint density at radius 3 is 2.13 bits per heavy atom. The van der Waals surface area contributed by atoms with E-state index >= 15 is 0 Å². The Kier molecular flexibility index (Phi) is 2.56. The third-order valence-corrected chi connectivity index (χ3v) is 4.59. The molecule has 1 heterocycles. The normalized spacial score (nSPS) is 11.5. The number of aromatic nitrogens is 1. The van der Waals surface area contributed by atoms with E-state index in [-0.39, 0.29) is 0 Å². The Bertz CT molecular complexity index is 1160. The lowest BCUT2D eigenvalue weighted by molar-refractivity contribution is 1.54. The van der Waals surface area contributed by atoms with Gasteiger partial charge in [-0.2, -0.15) is 0 Å². The summed E-state index contributed by atoms with van der Waals surface area (Å²) in [5.41, 5.74) is 4.90. The van der Waals surface area contributed by atoms with E-state index in [0.29, 0.717) is 0 Å². The van der Waals surface area contributed by atoms with Gasteiger partial charge in [0.25, 0.3) is 0 Å². The summed E-state index contributed by atoms with van der Waals surface area (Å²) in [6.45, 7) is 0. The van der Waals surface area contributed by atoms with Gasteiger partial charge in [0.1, 0.15) is 0 Å². The monoisotopic (exact) mass is 293 g/mol. The second kappa shape index (κ2) is 4.72. The molecule has 0 saturated heterocycles. The predicted octanol–water partition coefficient (Wildman–Crippen LogP) is 6.14. The molecular weight excluding hydrogens is 278 g/mol. The number of H-pyrrole nitrogens is 1. The van der Waals surface area contributed by atoms with Crippen molar-refractivity contribution in [1.82, 2.24) is 4.98 Å². The maximum atomic E-state index is 3.49. The van der Waals surface area contributed by atoms with Crippen LogP contribution in [0.5, 0.6) is 0 Å². The summed E-state index contributed by atoms with van der Waals surface area (Å²) in [4.78, 5) is 3.49. The molecule has 0 amide bonds. The summed E-state index contributed by atoms with van der Waals surface area (Å²) in [7, 11) is 0. The van der Waals surface area contributed by atoms with Crippen LogP contribution < -0.4 is 0 Å². The predicted molar refractivity (Wildman–Crippen MR) is 98.7 cm³/mol. The molecule has 4 aromatic carbocycles. The van der Waals surface area contributed by atoms with Crippen LogP contribution in [0.2, 0.25) is 0 Å². The second-order valence-electron chi connectivity index (χ2n) is 5.99. The number of aromatic amines is 1. The van der Waals surface area contributed by atoms with Gasteiger partial charge in [-0.1, -0.05) is 60.7 Å². The smallest absolute Gasteiger partial charge is 0.0465 e. The maximum absolute atomic E-state index is 3.49. The van der Waals surface area contributed by atoms with E-state index in [2.05, 4.69) is 89.9 Å². The quantitative estimate of drug-likeness (QED) is 0.382. The number of fused-ring (bicyclic) bond motifs is 4. The van der Waals surface area contributed by atoms with Crippen molar-refractivity contribution in [3.05, 3.63) is 84.9 Å². The molecule has 1 aromatic heterocycles. The molecule has 1 heteroatoms. The molecule has 0 aliphatic heterocycles. The number of para-hydroxylation sites is 1. The fraction of sp³-hybridized carbons (Fsp3) is 0. The number of rotatable bonds is 1. The molecule has 0 saturated carbocycles. The molecule has 0 aliphatic rings. The van der Waals surface area contributed by atoms with E-state index in [1.807, 2.05) is 0 Å². The van der Waals surface area contributed by atoms with Gasteiger partial charge in [0.2, 0.25) is 0 Å². The molecular formula is C22H15N. The Morgan fingerprint density at radius 1 is 0.478 bits per heavy atom. The zero-order valence-electron chi connectivity index (χ0n) is 12.6. The Hall–Kier alpha value is -3.06. The van der Waals surface area contributed by atoms with Gasteiger partial charge in [-0.25, -0.2) is 0 Å². The number of hydrogen-bond acceptors (Lipinski definition) is 0. The summed E-state index contributed by atoms with van der Waals surface area (Å²) in [5.74, 6) is 0. The van der Waals surface area contributed by atoms with Crippen LogP contribution in [0.25, 0.3) is 43.7 Å². The molecule has 5 rings (SSSR count). The highest BCUT2D eigenvalue weighted by molar-refractivity contribution is 6.08. The van der Waals surface area contributed by atoms with Gasteiger partial charge in [0, 0.05) is 21.8 Å². The first kappa shape index (κ1) is 12.5. The number of hydrogen-bond donors (Lipinski definition) is 1. The Morgan fingerprint density at radius 2 is 1.17 bits per heavy atom. The van der Waals surface area contributed by atoms with Crippen molar-refractivity contribution in [2.24, 2.45) is 0 Å². The zero-order chi connectivity index (χ0) is 15.2. The van der Waals surface area contributed by atoms with Crippen LogP contribution >= 0.6 is 0 Å². The van der Waals surface area contributed by atoms with Crippen molar-refractivity contribution in [2.75, 3.05) is 0 Å². The van der Waals surface area contributed by atoms with E-state index in [0.717, 1.165) is 0 Å². The first-order chi connectivity index (χ1) is 11.4. The van der Waals surface area contributed by atoms with E-state index < -0.39 is 0 Å². The van der Waals surface area contributed by atoms with Crippen molar-refractivity contribution in [1.29, 1.82) is 0 Å². The van der Waals surface area contributed by atoms with Gasteiger partial charge < -0.3 is 4.98 Å². The highest BCUT2D eigenvalue weighted by Gasteiger charge is 2.06. The lowest BCUT2D eigenvalue weighted by atomic mass is 9.99. The maximum Gasteiger partial charge on any atom is 0.0465 e. The molecule has 0 unspecified atom stereocenters. The van der Waals surface area contributed by atoms with Crippen molar-refractivity contribution in [3.8, 4) is 11.1 Å². The average molecular weight is 293 g/mol. The highest BCUT2D eigenvalue weighted by Crippen LogP contribution is 2.31. The minimum absolute atomic E-state index is 1.19. The van der Waals surface area contributed by atoms with Crippen molar-refractivity contribution in [2.45, 2.75) is 0 Å². The third-order valence-electron chi connectivity index (χ3n) is 4.59. The molecule has 23 heavy (non-hydrogen) atoms. The van der Waals surface area contributed by atoms with E-state index in [1.54, 1.807) is 0 Å². The van der Waals surface area contributed by atoms with Crippen molar-refractivity contribution < 1.29 is 0 Å². The Labute approximate surface area is 134 Å². The van der Waals surface area contributed by atoms with Gasteiger partial charge in [0.15, 0.2) is 0 Å². The standard InChI is InChI=1S/C22H15N/c1-2-6-16-13-17(10-9-15(16)5-1)18-11-12-22-20(14-18)19-7-3-4-8-21(19)23-22/h1-14,23H. The van der Waals surface area contributed by atoms with Crippen LogP contribution in [-0.4, -0.2) is 4.98 Å². The molecule has 0 bridgehead atoms. The van der Waals surface area contributed by atoms with Crippen LogP contribution in [0.1, 0.15) is 0 Å². The summed E-state index contributed by atoms with van der Waals surface area (Å²) < 4.78 is 0. The molecule has 1 N–H and O–H groups in total. The molecule has 1 nitrogen and oxygen atoms in total. The summed E-state index contributed by atoms with van der Waals surface area (Å²) in [6.07, 6.45) is 0. The minimum Gasteiger partial charge on any atom is -0.355 e. The van der Waals surface area contributed by atoms with Crippen LogP contribution in [0, 0.1) is 0 Å². The van der Waals surface area contributed by atoms with E-state index in [9.17, 15) is 0 Å². The largest absolute Gasteiger partial charge is 0.355 e. The first-order valence-electron chi connectivity index (χ1n) is 7.88. The molecule has 0 aliphatic carbocycles. The molecule has 5 aromatic rings. The summed E-state index contributed by atoms with van der Waals surface area (Å²) in [6, 6.07) is 30.3. The molecule has 0 atom stereocenters. The van der Waals surface area contributed by atoms with Crippen LogP contribution in [0.4, 0.5) is 0 Å². The SMILES string of the molecule is c1ccc2cc(-c3ccc4[nH]c5ccccc5c4c3)ccc2c1. The van der Waals surface area contributed by atoms with Crippen LogP contribution in [-0.2, 0) is 0 Å². The summed E-state index contributed by atoms with van der Waals surface area (Å²) in [5, 5.41) is 5.13. The fourth-order valence-corrected chi connectivity index (χ4v) is 3.40. The van der Waals surface area contributed by atoms with Crippen molar-refractivity contribution >= 4 is 32.6 Å². The average Bonchev–Trinajstić information content (AvgIpc) is 2.99. The lowest BCUT2D eigenvalue weighted by Crippen LogP contribution is -1.79.